The van der Waals surface area contributed by atoms with E-state index in [4.69, 9.17) is 16.0 Å². The molecule has 0 amide bonds. The van der Waals surface area contributed by atoms with Gasteiger partial charge in [-0.05, 0) is 86.3 Å². The first-order valence-electron chi connectivity index (χ1n) is 16.2. The largest absolute Gasteiger partial charge is 0.466 e. The molecule has 8 heteroatoms. The lowest BCUT2D eigenvalue weighted by molar-refractivity contribution is -0.154. The van der Waals surface area contributed by atoms with E-state index in [1.165, 1.54) is 0 Å². The van der Waals surface area contributed by atoms with Gasteiger partial charge in [-0.15, -0.1) is 0 Å². The van der Waals surface area contributed by atoms with Gasteiger partial charge in [-0.25, -0.2) is 15.0 Å². The normalized spacial score (nSPS) is 12.5. The Morgan fingerprint density at radius 1 is 0.674 bits per heavy atom. The van der Waals surface area contributed by atoms with Crippen molar-refractivity contribution < 1.29 is 27.5 Å². The average molecular weight is 620 g/mol. The van der Waals surface area contributed by atoms with E-state index in [0.29, 0.717) is 38.9 Å². The molecular weight excluding hydrogens is 562 g/mol. The zero-order valence-corrected chi connectivity index (χ0v) is 28.7. The van der Waals surface area contributed by atoms with Crippen LogP contribution in [-0.4, -0.2) is 38.4 Å². The van der Waals surface area contributed by atoms with Crippen LogP contribution in [0.2, 0.25) is 0 Å². The van der Waals surface area contributed by atoms with E-state index in [1.54, 1.807) is 24.3 Å². The van der Waals surface area contributed by atoms with Gasteiger partial charge < -0.3 is 9.47 Å². The maximum Gasteiger partial charge on any atom is 0.333 e. The van der Waals surface area contributed by atoms with Crippen molar-refractivity contribution in [1.82, 2.24) is 0 Å². The minimum absolute atomic E-state index is 0.168. The van der Waals surface area contributed by atoms with Gasteiger partial charge >= 0.3 is 16.8 Å². The van der Waals surface area contributed by atoms with Gasteiger partial charge in [0.1, 0.15) is 0 Å². The summed E-state index contributed by atoms with van der Waals surface area (Å²) < 4.78 is 38.1. The Hall–Kier alpha value is -2.40. The van der Waals surface area contributed by atoms with Crippen molar-refractivity contribution in [3.8, 4) is 0 Å². The summed E-state index contributed by atoms with van der Waals surface area (Å²) in [5.74, 6) is -0.336. The molecule has 0 aliphatic heterocycles. The van der Waals surface area contributed by atoms with Crippen molar-refractivity contribution in [2.45, 2.75) is 148 Å². The molecule has 0 aromatic heterocycles. The van der Waals surface area contributed by atoms with Gasteiger partial charge in [0, 0.05) is 12.8 Å². The fourth-order valence-electron chi connectivity index (χ4n) is 5.36. The number of benzene rings is 1. The minimum atomic E-state index is -3.85. The topological polar surface area (TPSA) is 91.1 Å². The molecule has 0 spiro atoms. The number of hydrogen-bond donors (Lipinski definition) is 0. The molecule has 0 unspecified atom stereocenters. The lowest BCUT2D eigenvalue weighted by Gasteiger charge is -2.23. The number of nitrogens with zero attached hydrogens (tertiary/aromatic N) is 1. The highest BCUT2D eigenvalue weighted by Gasteiger charge is 2.50. The summed E-state index contributed by atoms with van der Waals surface area (Å²) in [5, 5.41) is 0. The van der Waals surface area contributed by atoms with Gasteiger partial charge in [0.25, 0.3) is 9.84 Å². The average Bonchev–Trinajstić information content (AvgIpc) is 2.95. The number of ether oxygens (including phenoxy) is 2. The molecule has 1 rings (SSSR count). The zero-order chi connectivity index (χ0) is 32.6. The Morgan fingerprint density at radius 3 is 1.37 bits per heavy atom. The van der Waals surface area contributed by atoms with Crippen molar-refractivity contribution in [3.63, 3.8) is 0 Å². The highest BCUT2D eigenvalue weighted by Crippen LogP contribution is 2.38. The van der Waals surface area contributed by atoms with Crippen LogP contribution in [0.15, 0.2) is 29.2 Å². The lowest BCUT2D eigenvalue weighted by atomic mass is 9.86. The van der Waals surface area contributed by atoms with E-state index >= 15 is 0 Å². The number of hydrogen-bond acceptors (Lipinski definition) is 6. The van der Waals surface area contributed by atoms with E-state index in [0.717, 1.165) is 69.8 Å². The predicted molar refractivity (Wildman–Crippen MR) is 173 cm³/mol. The molecule has 0 heterocycles. The summed E-state index contributed by atoms with van der Waals surface area (Å²) in [4.78, 5) is 26.9. The van der Waals surface area contributed by atoms with Crippen molar-refractivity contribution >= 4 is 21.8 Å². The number of aryl methyl sites for hydroxylation is 1. The van der Waals surface area contributed by atoms with Crippen LogP contribution in [0.1, 0.15) is 137 Å². The van der Waals surface area contributed by atoms with Crippen LogP contribution in [0, 0.1) is 24.3 Å². The summed E-state index contributed by atoms with van der Waals surface area (Å²) in [6, 6.07) is 6.83. The van der Waals surface area contributed by atoms with E-state index in [1.807, 2.05) is 48.5 Å². The highest BCUT2D eigenvalue weighted by molar-refractivity contribution is 7.93. The first-order chi connectivity index (χ1) is 20.2. The molecule has 0 aliphatic carbocycles. The van der Waals surface area contributed by atoms with E-state index in [-0.39, 0.29) is 16.8 Å². The lowest BCUT2D eigenvalue weighted by Crippen LogP contribution is -2.35. The van der Waals surface area contributed by atoms with Crippen LogP contribution in [0.5, 0.6) is 0 Å². The van der Waals surface area contributed by atoms with Crippen molar-refractivity contribution in [2.75, 3.05) is 13.2 Å². The third-order valence-electron chi connectivity index (χ3n) is 8.43. The standard InChI is InChI=1S/C35H57NO6S/c1-9-41-31(37)33(4,5)25-17-13-11-15-19-27-35(36-8,43(39,40)30-23-21-29(3)22-24-30)28-20-16-12-14-18-26-34(6,7)32(38)42-10-2/h21-24H,9-20,25-28H2,1-7H3. The Balaban J connectivity index is 2.73. The third kappa shape index (κ3) is 12.3. The first kappa shape index (κ1) is 38.6. The van der Waals surface area contributed by atoms with E-state index in [9.17, 15) is 18.0 Å². The molecule has 0 saturated heterocycles. The molecule has 0 saturated carbocycles. The van der Waals surface area contributed by atoms with Gasteiger partial charge in [-0.2, -0.15) is 0 Å². The van der Waals surface area contributed by atoms with Crippen LogP contribution in [0.3, 0.4) is 0 Å². The molecule has 0 aliphatic rings. The van der Waals surface area contributed by atoms with E-state index in [2.05, 4.69) is 4.85 Å². The van der Waals surface area contributed by atoms with Gasteiger partial charge in [0.2, 0.25) is 0 Å². The van der Waals surface area contributed by atoms with Crippen molar-refractivity contribution in [2.24, 2.45) is 10.8 Å². The quantitative estimate of drug-likeness (QED) is 0.0731. The summed E-state index contributed by atoms with van der Waals surface area (Å²) >= 11 is 0. The Kier molecular flexibility index (Phi) is 16.5. The molecule has 0 radical (unpaired) electrons. The fraction of sp³-hybridized carbons (Fsp3) is 0.743. The summed E-state index contributed by atoms with van der Waals surface area (Å²) in [7, 11) is -3.85. The maximum absolute atomic E-state index is 13.9. The molecule has 0 N–H and O–H groups in total. The number of carbonyl (C=O) groups is 2. The smallest absolute Gasteiger partial charge is 0.333 e. The first-order valence-corrected chi connectivity index (χ1v) is 17.7. The molecule has 0 fully saturated rings. The van der Waals surface area contributed by atoms with Gasteiger partial charge in [-0.3, -0.25) is 14.4 Å². The molecule has 43 heavy (non-hydrogen) atoms. The van der Waals surface area contributed by atoms with Crippen molar-refractivity contribution in [1.29, 1.82) is 0 Å². The second-order valence-corrected chi connectivity index (χ2v) is 15.4. The molecule has 7 nitrogen and oxygen atoms in total. The molecular formula is C35H57NO6S. The molecule has 1 aromatic carbocycles. The second-order valence-electron chi connectivity index (χ2n) is 13.1. The highest BCUT2D eigenvalue weighted by atomic mass is 32.2. The van der Waals surface area contributed by atoms with Crippen LogP contribution >= 0.6 is 0 Å². The van der Waals surface area contributed by atoms with Crippen LogP contribution in [0.25, 0.3) is 4.85 Å². The Morgan fingerprint density at radius 2 is 1.02 bits per heavy atom. The van der Waals surface area contributed by atoms with Crippen LogP contribution < -0.4 is 0 Å². The van der Waals surface area contributed by atoms with E-state index < -0.39 is 25.5 Å². The molecule has 0 bridgehead atoms. The maximum atomic E-state index is 13.9. The molecule has 0 atom stereocenters. The fourth-order valence-corrected chi connectivity index (χ4v) is 7.24. The van der Waals surface area contributed by atoms with Crippen LogP contribution in [-0.2, 0) is 28.9 Å². The predicted octanol–water partition coefficient (Wildman–Crippen LogP) is 9.02. The summed E-state index contributed by atoms with van der Waals surface area (Å²) in [6.07, 6.45) is 10.7. The summed E-state index contributed by atoms with van der Waals surface area (Å²) in [6.45, 7) is 22.0. The van der Waals surface area contributed by atoms with Gasteiger partial charge in [-0.1, -0.05) is 69.1 Å². The van der Waals surface area contributed by atoms with Crippen molar-refractivity contribution in [3.05, 3.63) is 41.2 Å². The number of rotatable bonds is 22. The minimum Gasteiger partial charge on any atom is -0.466 e. The van der Waals surface area contributed by atoms with Crippen LogP contribution in [0.4, 0.5) is 0 Å². The molecule has 244 valence electrons. The number of sulfone groups is 1. The zero-order valence-electron chi connectivity index (χ0n) is 27.9. The SMILES string of the molecule is [C-]#[N+]C(CCCCCCCC(C)(C)C(=O)OCC)(CCCCCCCC(C)(C)C(=O)OCC)S(=O)(=O)c1ccc(C)cc1. The van der Waals surface area contributed by atoms with Gasteiger partial charge in [0.15, 0.2) is 0 Å². The number of esters is 2. The Labute approximate surface area is 262 Å². The monoisotopic (exact) mass is 619 g/mol. The Bertz CT molecular complexity index is 1090. The molecule has 1 aromatic rings. The van der Waals surface area contributed by atoms with Gasteiger partial charge in [0.05, 0.1) is 28.9 Å². The second kappa shape index (κ2) is 18.4. The third-order valence-corrected chi connectivity index (χ3v) is 10.8. The number of unbranched alkanes of at least 4 members (excludes halogenated alkanes) is 8. The summed E-state index contributed by atoms with van der Waals surface area (Å²) in [5.41, 5.74) is -0.0344. The number of carbonyl (C=O) groups excluding carboxylic acids is 2.